The van der Waals surface area contributed by atoms with Crippen LogP contribution in [-0.2, 0) is 4.79 Å². The van der Waals surface area contributed by atoms with E-state index in [1.165, 1.54) is 0 Å². The fourth-order valence-electron chi connectivity index (χ4n) is 1.45. The molecule has 0 saturated carbocycles. The average molecular weight is 184 g/mol. The number of nitrogens with zero attached hydrogens (tertiary/aromatic N) is 1. The first-order valence-electron chi connectivity index (χ1n) is 4.48. The average Bonchev–Trinajstić information content (AvgIpc) is 2.08. The summed E-state index contributed by atoms with van der Waals surface area (Å²) < 4.78 is 0. The molecule has 0 amide bonds. The van der Waals surface area contributed by atoms with Crippen LogP contribution >= 0.6 is 0 Å². The Morgan fingerprint density at radius 2 is 2.08 bits per heavy atom. The van der Waals surface area contributed by atoms with Crippen LogP contribution in [0.3, 0.4) is 0 Å². The van der Waals surface area contributed by atoms with E-state index < -0.39 is 5.97 Å². The Kier molecular flexibility index (Phi) is 3.45. The number of carboxylic acids is 1. The Morgan fingerprint density at radius 3 is 2.54 bits per heavy atom. The quantitative estimate of drug-likeness (QED) is 0.608. The minimum Gasteiger partial charge on any atom is -0.478 e. The van der Waals surface area contributed by atoms with Crippen molar-refractivity contribution < 1.29 is 9.90 Å². The van der Waals surface area contributed by atoms with E-state index >= 15 is 0 Å². The van der Waals surface area contributed by atoms with Crippen LogP contribution in [0.4, 0.5) is 0 Å². The molecule has 0 bridgehead atoms. The van der Waals surface area contributed by atoms with Crippen molar-refractivity contribution in [2.75, 3.05) is 19.6 Å². The smallest absolute Gasteiger partial charge is 0.332 e. The second-order valence-corrected chi connectivity index (χ2v) is 3.52. The highest BCUT2D eigenvalue weighted by atomic mass is 16.4. The summed E-state index contributed by atoms with van der Waals surface area (Å²) in [6.07, 6.45) is 1.90. The topological polar surface area (TPSA) is 66.6 Å². The molecule has 4 heteroatoms. The minimum atomic E-state index is -0.908. The van der Waals surface area contributed by atoms with Gasteiger partial charge >= 0.3 is 5.97 Å². The molecule has 1 saturated heterocycles. The van der Waals surface area contributed by atoms with Gasteiger partial charge in [-0.2, -0.15) is 0 Å². The summed E-state index contributed by atoms with van der Waals surface area (Å²) in [5.74, 6) is -0.908. The second kappa shape index (κ2) is 4.39. The first kappa shape index (κ1) is 10.2. The van der Waals surface area contributed by atoms with Crippen LogP contribution in [0.1, 0.15) is 12.8 Å². The van der Waals surface area contributed by atoms with Crippen LogP contribution in [-0.4, -0.2) is 41.7 Å². The zero-order valence-corrected chi connectivity index (χ0v) is 7.70. The fraction of sp³-hybridized carbons (Fsp3) is 0.667. The third kappa shape index (κ3) is 3.16. The van der Waals surface area contributed by atoms with Gasteiger partial charge in [0, 0.05) is 18.2 Å². The van der Waals surface area contributed by atoms with Crippen molar-refractivity contribution in [2.45, 2.75) is 18.9 Å². The maximum Gasteiger partial charge on any atom is 0.332 e. The third-order valence-electron chi connectivity index (χ3n) is 2.35. The molecule has 0 radical (unpaired) electrons. The molecule has 1 aliphatic heterocycles. The molecule has 0 aliphatic carbocycles. The Balaban J connectivity index is 2.30. The van der Waals surface area contributed by atoms with Gasteiger partial charge in [-0.1, -0.05) is 6.58 Å². The van der Waals surface area contributed by atoms with Crippen molar-refractivity contribution in [2.24, 2.45) is 5.73 Å². The lowest BCUT2D eigenvalue weighted by atomic mass is 10.1. The standard InChI is InChI=1S/C9H16N2O2/c1-7(9(12)13)6-11-4-2-8(10)3-5-11/h8H,1-6,10H2,(H,12,13). The number of nitrogens with two attached hydrogens (primary N) is 1. The van der Waals surface area contributed by atoms with E-state index in [2.05, 4.69) is 11.5 Å². The van der Waals surface area contributed by atoms with E-state index in [1.54, 1.807) is 0 Å². The summed E-state index contributed by atoms with van der Waals surface area (Å²) in [7, 11) is 0. The van der Waals surface area contributed by atoms with Crippen LogP contribution in [0, 0.1) is 0 Å². The van der Waals surface area contributed by atoms with Crippen molar-refractivity contribution >= 4 is 5.97 Å². The highest BCUT2D eigenvalue weighted by molar-refractivity contribution is 5.86. The third-order valence-corrected chi connectivity index (χ3v) is 2.35. The molecule has 0 spiro atoms. The Morgan fingerprint density at radius 1 is 1.54 bits per heavy atom. The molecule has 13 heavy (non-hydrogen) atoms. The molecule has 0 aromatic rings. The SMILES string of the molecule is C=C(CN1CCC(N)CC1)C(=O)O. The summed E-state index contributed by atoms with van der Waals surface area (Å²) in [4.78, 5) is 12.6. The number of likely N-dealkylation sites (tertiary alicyclic amines) is 1. The molecular formula is C9H16N2O2. The Bertz CT molecular complexity index is 208. The Labute approximate surface area is 78.0 Å². The normalized spacial score (nSPS) is 20.1. The second-order valence-electron chi connectivity index (χ2n) is 3.52. The molecule has 1 heterocycles. The van der Waals surface area contributed by atoms with Crippen LogP contribution in [0.15, 0.2) is 12.2 Å². The van der Waals surface area contributed by atoms with Gasteiger partial charge in [0.05, 0.1) is 0 Å². The van der Waals surface area contributed by atoms with E-state index in [4.69, 9.17) is 10.8 Å². The van der Waals surface area contributed by atoms with Crippen molar-refractivity contribution in [1.29, 1.82) is 0 Å². The van der Waals surface area contributed by atoms with Crippen molar-refractivity contribution in [1.82, 2.24) is 4.90 Å². The summed E-state index contributed by atoms with van der Waals surface area (Å²) in [5.41, 5.74) is 5.98. The molecule has 1 rings (SSSR count). The van der Waals surface area contributed by atoms with Crippen LogP contribution in [0.5, 0.6) is 0 Å². The van der Waals surface area contributed by atoms with Gasteiger partial charge in [-0.25, -0.2) is 4.79 Å². The fourth-order valence-corrected chi connectivity index (χ4v) is 1.45. The molecule has 74 valence electrons. The molecule has 1 fully saturated rings. The zero-order valence-electron chi connectivity index (χ0n) is 7.70. The van der Waals surface area contributed by atoms with Crippen LogP contribution in [0.2, 0.25) is 0 Å². The van der Waals surface area contributed by atoms with Crippen LogP contribution in [0.25, 0.3) is 0 Å². The number of aliphatic carboxylic acids is 1. The van der Waals surface area contributed by atoms with Gasteiger partial charge < -0.3 is 10.8 Å². The highest BCUT2D eigenvalue weighted by Gasteiger charge is 2.17. The highest BCUT2D eigenvalue weighted by Crippen LogP contribution is 2.09. The lowest BCUT2D eigenvalue weighted by molar-refractivity contribution is -0.132. The first-order valence-corrected chi connectivity index (χ1v) is 4.48. The molecule has 1 aliphatic rings. The molecule has 4 nitrogen and oxygen atoms in total. The summed E-state index contributed by atoms with van der Waals surface area (Å²) >= 11 is 0. The predicted octanol–water partition coefficient (Wildman–Crippen LogP) is 0.0503. The van der Waals surface area contributed by atoms with Gasteiger partial charge in [-0.15, -0.1) is 0 Å². The minimum absolute atomic E-state index is 0.260. The molecule has 0 atom stereocenters. The van der Waals surface area contributed by atoms with Crippen molar-refractivity contribution in [3.05, 3.63) is 12.2 Å². The number of carboxylic acid groups (broad SMARTS) is 1. The lowest BCUT2D eigenvalue weighted by Crippen LogP contribution is -2.40. The largest absolute Gasteiger partial charge is 0.478 e. The van der Waals surface area contributed by atoms with Gasteiger partial charge in [0.25, 0.3) is 0 Å². The van der Waals surface area contributed by atoms with Gasteiger partial charge in [0.1, 0.15) is 0 Å². The van der Waals surface area contributed by atoms with E-state index in [0.29, 0.717) is 6.54 Å². The van der Waals surface area contributed by atoms with Gasteiger partial charge in [-0.3, -0.25) is 4.90 Å². The lowest BCUT2D eigenvalue weighted by Gasteiger charge is -2.29. The van der Waals surface area contributed by atoms with E-state index in [-0.39, 0.29) is 11.6 Å². The zero-order chi connectivity index (χ0) is 9.84. The monoisotopic (exact) mass is 184 g/mol. The number of rotatable bonds is 3. The maximum absolute atomic E-state index is 10.5. The summed E-state index contributed by atoms with van der Waals surface area (Å²) in [6.45, 7) is 5.72. The van der Waals surface area contributed by atoms with Crippen molar-refractivity contribution in [3.8, 4) is 0 Å². The van der Waals surface area contributed by atoms with Gasteiger partial charge in [0.15, 0.2) is 0 Å². The molecule has 0 aromatic heterocycles. The predicted molar refractivity (Wildman–Crippen MR) is 50.4 cm³/mol. The summed E-state index contributed by atoms with van der Waals surface area (Å²) in [5, 5.41) is 8.61. The summed E-state index contributed by atoms with van der Waals surface area (Å²) in [6, 6.07) is 0.286. The molecule has 0 aromatic carbocycles. The number of carbonyl (C=O) groups is 1. The first-order chi connectivity index (χ1) is 6.09. The van der Waals surface area contributed by atoms with Crippen LogP contribution < -0.4 is 5.73 Å². The van der Waals surface area contributed by atoms with E-state index in [0.717, 1.165) is 25.9 Å². The van der Waals surface area contributed by atoms with Crippen molar-refractivity contribution in [3.63, 3.8) is 0 Å². The molecular weight excluding hydrogens is 168 g/mol. The number of hydrogen-bond donors (Lipinski definition) is 2. The van der Waals surface area contributed by atoms with E-state index in [1.807, 2.05) is 0 Å². The van der Waals surface area contributed by atoms with Gasteiger partial charge in [0.2, 0.25) is 0 Å². The number of piperidine rings is 1. The van der Waals surface area contributed by atoms with E-state index in [9.17, 15) is 4.79 Å². The molecule has 3 N–H and O–H groups in total. The Hall–Kier alpha value is -0.870. The van der Waals surface area contributed by atoms with Gasteiger partial charge in [-0.05, 0) is 25.9 Å². The number of hydrogen-bond acceptors (Lipinski definition) is 3. The maximum atomic E-state index is 10.5. The molecule has 0 unspecified atom stereocenters.